The van der Waals surface area contributed by atoms with Crippen LogP contribution in [0.25, 0.3) is 0 Å². The van der Waals surface area contributed by atoms with E-state index in [9.17, 15) is 4.79 Å². The molecule has 0 aromatic heterocycles. The van der Waals surface area contributed by atoms with Crippen molar-refractivity contribution in [1.29, 1.82) is 0 Å². The van der Waals surface area contributed by atoms with E-state index in [1.807, 2.05) is 12.1 Å². The fraction of sp³-hybridized carbons (Fsp3) is 0.500. The second-order valence-electron chi connectivity index (χ2n) is 5.02. The van der Waals surface area contributed by atoms with Crippen LogP contribution in [0.2, 0.25) is 0 Å². The first-order chi connectivity index (χ1) is 10.6. The Bertz CT molecular complexity index is 497. The van der Waals surface area contributed by atoms with E-state index in [1.165, 1.54) is 19.3 Å². The van der Waals surface area contributed by atoms with Crippen LogP contribution >= 0.6 is 39.9 Å². The lowest BCUT2D eigenvalue weighted by atomic mass is 10.2. The first-order valence-electron chi connectivity index (χ1n) is 7.71. The summed E-state index contributed by atoms with van der Waals surface area (Å²) >= 11 is 3.35. The zero-order chi connectivity index (χ0) is 16.2. The number of amides is 1. The Balaban J connectivity index is 0.00000484. The number of aliphatic imine (C=N–C) groups is 1. The van der Waals surface area contributed by atoms with E-state index in [2.05, 4.69) is 38.5 Å². The maximum absolute atomic E-state index is 11.9. The van der Waals surface area contributed by atoms with E-state index in [0.29, 0.717) is 24.6 Å². The third kappa shape index (κ3) is 10.5. The Morgan fingerprint density at radius 3 is 2.65 bits per heavy atom. The van der Waals surface area contributed by atoms with E-state index in [0.717, 1.165) is 17.4 Å². The minimum Gasteiger partial charge on any atom is -0.370 e. The molecule has 0 aliphatic carbocycles. The summed E-state index contributed by atoms with van der Waals surface area (Å²) in [6.07, 6.45) is 4.71. The summed E-state index contributed by atoms with van der Waals surface area (Å²) in [7, 11) is 0. The number of guanidine groups is 1. The van der Waals surface area contributed by atoms with Gasteiger partial charge >= 0.3 is 0 Å². The number of hydrogen-bond acceptors (Lipinski definition) is 2. The van der Waals surface area contributed by atoms with Crippen LogP contribution in [0.15, 0.2) is 33.7 Å². The molecule has 1 rings (SSSR count). The van der Waals surface area contributed by atoms with Crippen LogP contribution in [0.4, 0.5) is 0 Å². The lowest BCUT2D eigenvalue weighted by Crippen LogP contribution is -2.38. The fourth-order valence-corrected chi connectivity index (χ4v) is 2.29. The van der Waals surface area contributed by atoms with E-state index in [1.54, 1.807) is 12.1 Å². The molecular formula is C16H26BrIN4O. The lowest BCUT2D eigenvalue weighted by Gasteiger charge is -2.08. The van der Waals surface area contributed by atoms with E-state index >= 15 is 0 Å². The number of carbonyl (C=O) groups excluding carboxylic acids is 1. The van der Waals surface area contributed by atoms with Crippen LogP contribution < -0.4 is 16.4 Å². The summed E-state index contributed by atoms with van der Waals surface area (Å²) in [6, 6.07) is 7.28. The van der Waals surface area contributed by atoms with Crippen molar-refractivity contribution in [2.24, 2.45) is 10.7 Å². The van der Waals surface area contributed by atoms with Gasteiger partial charge in [-0.25, -0.2) is 0 Å². The van der Waals surface area contributed by atoms with Gasteiger partial charge in [0.05, 0.1) is 0 Å². The average molecular weight is 497 g/mol. The molecule has 0 aliphatic heterocycles. The second kappa shape index (κ2) is 13.6. The molecule has 7 heteroatoms. The van der Waals surface area contributed by atoms with Gasteiger partial charge in [0.1, 0.15) is 0 Å². The van der Waals surface area contributed by atoms with Crippen molar-refractivity contribution in [2.45, 2.75) is 32.6 Å². The van der Waals surface area contributed by atoms with Gasteiger partial charge in [-0.1, -0.05) is 48.2 Å². The summed E-state index contributed by atoms with van der Waals surface area (Å²) in [6.45, 7) is 3.99. The smallest absolute Gasteiger partial charge is 0.251 e. The predicted molar refractivity (Wildman–Crippen MR) is 111 cm³/mol. The van der Waals surface area contributed by atoms with Crippen LogP contribution in [-0.2, 0) is 0 Å². The van der Waals surface area contributed by atoms with Gasteiger partial charge < -0.3 is 16.4 Å². The SMILES string of the molecule is CCCCCCN=C(N)NCCNC(=O)c1cccc(Br)c1.I. The van der Waals surface area contributed by atoms with E-state index in [4.69, 9.17) is 5.73 Å². The largest absolute Gasteiger partial charge is 0.370 e. The van der Waals surface area contributed by atoms with Crippen LogP contribution in [-0.4, -0.2) is 31.5 Å². The molecule has 0 saturated carbocycles. The Morgan fingerprint density at radius 2 is 1.96 bits per heavy atom. The van der Waals surface area contributed by atoms with Gasteiger partial charge in [-0.2, -0.15) is 0 Å². The molecule has 0 unspecified atom stereocenters. The first-order valence-corrected chi connectivity index (χ1v) is 8.50. The monoisotopic (exact) mass is 496 g/mol. The molecule has 0 aliphatic rings. The van der Waals surface area contributed by atoms with E-state index < -0.39 is 0 Å². The maximum atomic E-state index is 11.9. The number of hydrogen-bond donors (Lipinski definition) is 3. The number of benzene rings is 1. The van der Waals surface area contributed by atoms with Crippen molar-refractivity contribution in [3.05, 3.63) is 34.3 Å². The predicted octanol–water partition coefficient (Wildman–Crippen LogP) is 3.28. The third-order valence-electron chi connectivity index (χ3n) is 3.10. The molecule has 1 amide bonds. The second-order valence-corrected chi connectivity index (χ2v) is 5.94. The number of rotatable bonds is 9. The van der Waals surface area contributed by atoms with Crippen LogP contribution in [0.1, 0.15) is 43.0 Å². The van der Waals surface area contributed by atoms with Crippen molar-refractivity contribution in [2.75, 3.05) is 19.6 Å². The highest BCUT2D eigenvalue weighted by Gasteiger charge is 2.04. The maximum Gasteiger partial charge on any atom is 0.251 e. The topological polar surface area (TPSA) is 79.5 Å². The molecule has 0 radical (unpaired) electrons. The highest BCUT2D eigenvalue weighted by atomic mass is 127. The Kier molecular flexibility index (Phi) is 13.1. The minimum absolute atomic E-state index is 0. The number of unbranched alkanes of at least 4 members (excludes halogenated alkanes) is 3. The molecular weight excluding hydrogens is 471 g/mol. The van der Waals surface area contributed by atoms with Gasteiger partial charge in [0.15, 0.2) is 5.96 Å². The number of nitrogens with two attached hydrogens (primary N) is 1. The number of nitrogens with one attached hydrogen (secondary N) is 2. The summed E-state index contributed by atoms with van der Waals surface area (Å²) in [5.41, 5.74) is 6.39. The van der Waals surface area contributed by atoms with Crippen LogP contribution in [0, 0.1) is 0 Å². The van der Waals surface area contributed by atoms with Crippen molar-refractivity contribution in [3.63, 3.8) is 0 Å². The highest BCUT2D eigenvalue weighted by Crippen LogP contribution is 2.11. The molecule has 0 spiro atoms. The quantitative estimate of drug-likeness (QED) is 0.212. The summed E-state index contributed by atoms with van der Waals surface area (Å²) in [5, 5.41) is 5.83. The highest BCUT2D eigenvalue weighted by molar-refractivity contribution is 14.0. The Labute approximate surface area is 164 Å². The number of carbonyl (C=O) groups is 1. The fourth-order valence-electron chi connectivity index (χ4n) is 1.89. The van der Waals surface area contributed by atoms with Crippen molar-refractivity contribution in [3.8, 4) is 0 Å². The summed E-state index contributed by atoms with van der Waals surface area (Å²) < 4.78 is 0.887. The first kappa shape index (κ1) is 22.2. The molecule has 1 aromatic carbocycles. The minimum atomic E-state index is -0.0989. The lowest BCUT2D eigenvalue weighted by molar-refractivity contribution is 0.0954. The normalized spacial score (nSPS) is 10.8. The summed E-state index contributed by atoms with van der Waals surface area (Å²) in [4.78, 5) is 16.1. The van der Waals surface area contributed by atoms with Crippen LogP contribution in [0.3, 0.4) is 0 Å². The van der Waals surface area contributed by atoms with Gasteiger partial charge in [-0.05, 0) is 24.6 Å². The molecule has 1 aromatic rings. The average Bonchev–Trinajstić information content (AvgIpc) is 2.51. The molecule has 130 valence electrons. The molecule has 0 heterocycles. The Hall–Kier alpha value is -0.830. The molecule has 23 heavy (non-hydrogen) atoms. The summed E-state index contributed by atoms with van der Waals surface area (Å²) in [5.74, 6) is 0.339. The van der Waals surface area contributed by atoms with Gasteiger partial charge in [-0.15, -0.1) is 24.0 Å². The molecule has 0 fully saturated rings. The molecule has 0 bridgehead atoms. The Morgan fingerprint density at radius 1 is 1.22 bits per heavy atom. The van der Waals surface area contributed by atoms with E-state index in [-0.39, 0.29) is 29.9 Å². The molecule has 5 nitrogen and oxygen atoms in total. The number of halogens is 2. The molecule has 0 atom stereocenters. The zero-order valence-electron chi connectivity index (χ0n) is 13.5. The molecule has 0 saturated heterocycles. The molecule has 4 N–H and O–H groups in total. The number of nitrogens with zero attached hydrogens (tertiary/aromatic N) is 1. The van der Waals surface area contributed by atoms with Crippen molar-refractivity contribution >= 4 is 51.8 Å². The van der Waals surface area contributed by atoms with Crippen molar-refractivity contribution in [1.82, 2.24) is 10.6 Å². The van der Waals surface area contributed by atoms with Gasteiger partial charge in [0, 0.05) is 29.7 Å². The van der Waals surface area contributed by atoms with Gasteiger partial charge in [-0.3, -0.25) is 9.79 Å². The van der Waals surface area contributed by atoms with Gasteiger partial charge in [0.25, 0.3) is 5.91 Å². The standard InChI is InChI=1S/C16H25BrN4O.HI/c1-2-3-4-5-9-20-16(18)21-11-10-19-15(22)13-7-6-8-14(17)12-13;/h6-8,12H,2-5,9-11H2,1H3,(H,19,22)(H3,18,20,21);1H. The van der Waals surface area contributed by atoms with Crippen molar-refractivity contribution < 1.29 is 4.79 Å². The third-order valence-corrected chi connectivity index (χ3v) is 3.59. The van der Waals surface area contributed by atoms with Crippen LogP contribution in [0.5, 0.6) is 0 Å². The van der Waals surface area contributed by atoms with Gasteiger partial charge in [0.2, 0.25) is 0 Å². The zero-order valence-corrected chi connectivity index (χ0v) is 17.4.